The molecule has 0 spiro atoms. The zero-order chi connectivity index (χ0) is 13.7. The lowest BCUT2D eigenvalue weighted by molar-refractivity contribution is 0.591. The molecule has 2 rings (SSSR count). The Balaban J connectivity index is 2.05. The van der Waals surface area contributed by atoms with Crippen LogP contribution in [0, 0.1) is 9.49 Å². The van der Waals surface area contributed by atoms with Crippen LogP contribution in [-0.4, -0.2) is 5.33 Å². The summed E-state index contributed by atoms with van der Waals surface area (Å²) in [5.41, 5.74) is 2.62. The molecule has 0 saturated carbocycles. The quantitative estimate of drug-likeness (QED) is 0.403. The van der Waals surface area contributed by atoms with Gasteiger partial charge in [-0.2, -0.15) is 0 Å². The summed E-state index contributed by atoms with van der Waals surface area (Å²) in [6, 6.07) is 16.9. The van der Waals surface area contributed by atoms with Gasteiger partial charge >= 0.3 is 0 Å². The van der Waals surface area contributed by atoms with Gasteiger partial charge < -0.3 is 0 Å². The van der Waals surface area contributed by atoms with Gasteiger partial charge in [0.05, 0.1) is 0 Å². The van der Waals surface area contributed by atoms with Gasteiger partial charge in [-0.1, -0.05) is 57.9 Å². The van der Waals surface area contributed by atoms with Crippen LogP contribution in [0.3, 0.4) is 0 Å². The van der Waals surface area contributed by atoms with Gasteiger partial charge in [-0.15, -0.1) is 0 Å². The van der Waals surface area contributed by atoms with Gasteiger partial charge in [0.2, 0.25) is 0 Å². The predicted octanol–water partition coefficient (Wildman–Crippen LogP) is 5.74. The molecule has 2 aromatic carbocycles. The molecule has 3 heteroatoms. The summed E-state index contributed by atoms with van der Waals surface area (Å²) in [5, 5.41) is 1.86. The first-order chi connectivity index (χ1) is 9.19. The highest BCUT2D eigenvalue weighted by Crippen LogP contribution is 2.22. The maximum absolute atomic E-state index is 6.23. The van der Waals surface area contributed by atoms with Gasteiger partial charge in [-0.3, -0.25) is 0 Å². The first-order valence-corrected chi connectivity index (χ1v) is 8.80. The first-order valence-electron chi connectivity index (χ1n) is 6.23. The van der Waals surface area contributed by atoms with Gasteiger partial charge in [0.1, 0.15) is 0 Å². The zero-order valence-corrected chi connectivity index (χ0v) is 15.0. The summed E-state index contributed by atoms with van der Waals surface area (Å²) >= 11 is 12.2. The van der Waals surface area contributed by atoms with Gasteiger partial charge in [0.25, 0.3) is 0 Å². The van der Waals surface area contributed by atoms with Crippen LogP contribution in [0.5, 0.6) is 0 Å². The van der Waals surface area contributed by atoms with Crippen molar-refractivity contribution in [1.82, 2.24) is 0 Å². The Morgan fingerprint density at radius 1 is 1.00 bits per heavy atom. The molecule has 1 atom stereocenters. The van der Waals surface area contributed by atoms with E-state index in [9.17, 15) is 0 Å². The lowest BCUT2D eigenvalue weighted by Crippen LogP contribution is -2.10. The normalized spacial score (nSPS) is 12.4. The maximum Gasteiger partial charge on any atom is 0.0438 e. The molecular formula is C16H15BrClI. The van der Waals surface area contributed by atoms with Crippen molar-refractivity contribution < 1.29 is 0 Å². The summed E-state index contributed by atoms with van der Waals surface area (Å²) in [4.78, 5) is 0. The van der Waals surface area contributed by atoms with E-state index < -0.39 is 0 Å². The number of rotatable bonds is 5. The summed E-state index contributed by atoms with van der Waals surface area (Å²) in [5.74, 6) is 0.569. The molecule has 0 aliphatic rings. The van der Waals surface area contributed by atoms with Crippen molar-refractivity contribution in [1.29, 1.82) is 0 Å². The summed E-state index contributed by atoms with van der Waals surface area (Å²) in [6.45, 7) is 0. The van der Waals surface area contributed by atoms with E-state index in [-0.39, 0.29) is 0 Å². The van der Waals surface area contributed by atoms with Gasteiger partial charge in [-0.25, -0.2) is 0 Å². The number of hydrogen-bond donors (Lipinski definition) is 0. The predicted molar refractivity (Wildman–Crippen MR) is 95.3 cm³/mol. The van der Waals surface area contributed by atoms with E-state index in [4.69, 9.17) is 11.6 Å². The van der Waals surface area contributed by atoms with E-state index in [0.29, 0.717) is 5.92 Å². The standard InChI is InChI=1S/C16H15BrClI/c17-11-13(9-12-5-7-15(19)8-6-12)10-14-3-1-2-4-16(14)18/h1-8,13H,9-11H2. The SMILES string of the molecule is Clc1ccccc1CC(CBr)Cc1ccc(I)cc1. The van der Waals surface area contributed by atoms with Crippen LogP contribution >= 0.6 is 50.1 Å². The molecular weight excluding hydrogens is 434 g/mol. The van der Waals surface area contributed by atoms with Crippen LogP contribution in [-0.2, 0) is 12.8 Å². The molecule has 0 nitrogen and oxygen atoms in total. The topological polar surface area (TPSA) is 0 Å². The van der Waals surface area contributed by atoms with E-state index >= 15 is 0 Å². The van der Waals surface area contributed by atoms with E-state index in [1.54, 1.807) is 0 Å². The smallest absolute Gasteiger partial charge is 0.0438 e. The highest BCUT2D eigenvalue weighted by molar-refractivity contribution is 14.1. The van der Waals surface area contributed by atoms with Gasteiger partial charge in [0.15, 0.2) is 0 Å². The Kier molecular flexibility index (Phi) is 6.17. The van der Waals surface area contributed by atoms with Crippen molar-refractivity contribution in [2.45, 2.75) is 12.8 Å². The molecule has 0 aliphatic heterocycles. The average molecular weight is 450 g/mol. The lowest BCUT2D eigenvalue weighted by Gasteiger charge is -2.15. The van der Waals surface area contributed by atoms with Crippen molar-refractivity contribution in [3.63, 3.8) is 0 Å². The second-order valence-electron chi connectivity index (χ2n) is 4.65. The third-order valence-corrected chi connectivity index (χ3v) is 5.13. The van der Waals surface area contributed by atoms with Gasteiger partial charge in [-0.05, 0) is 70.7 Å². The number of hydrogen-bond acceptors (Lipinski definition) is 0. The minimum Gasteiger partial charge on any atom is -0.0925 e. The second kappa shape index (κ2) is 7.65. The van der Waals surface area contributed by atoms with Crippen molar-refractivity contribution in [2.75, 3.05) is 5.33 Å². The molecule has 0 heterocycles. The van der Waals surface area contributed by atoms with Crippen LogP contribution in [0.15, 0.2) is 48.5 Å². The Bertz CT molecular complexity index is 525. The number of alkyl halides is 1. The van der Waals surface area contributed by atoms with E-state index in [1.807, 2.05) is 12.1 Å². The van der Waals surface area contributed by atoms with Crippen molar-refractivity contribution >= 4 is 50.1 Å². The summed E-state index contributed by atoms with van der Waals surface area (Å²) in [6.07, 6.45) is 2.09. The monoisotopic (exact) mass is 448 g/mol. The molecule has 0 bridgehead atoms. The molecule has 1 unspecified atom stereocenters. The molecule has 0 aromatic heterocycles. The maximum atomic E-state index is 6.23. The third-order valence-electron chi connectivity index (χ3n) is 3.12. The van der Waals surface area contributed by atoms with Crippen LogP contribution in [0.1, 0.15) is 11.1 Å². The van der Waals surface area contributed by atoms with Crippen LogP contribution in [0.4, 0.5) is 0 Å². The Morgan fingerprint density at radius 2 is 1.68 bits per heavy atom. The number of benzene rings is 2. The highest BCUT2D eigenvalue weighted by Gasteiger charge is 2.11. The molecule has 0 N–H and O–H groups in total. The molecule has 0 saturated heterocycles. The number of halogens is 3. The van der Waals surface area contributed by atoms with Crippen LogP contribution in [0.2, 0.25) is 5.02 Å². The van der Waals surface area contributed by atoms with E-state index in [0.717, 1.165) is 23.2 Å². The van der Waals surface area contributed by atoms with Gasteiger partial charge in [0, 0.05) is 13.9 Å². The third kappa shape index (κ3) is 4.76. The van der Waals surface area contributed by atoms with E-state index in [1.165, 1.54) is 14.7 Å². The minimum absolute atomic E-state index is 0.569. The second-order valence-corrected chi connectivity index (χ2v) is 6.95. The van der Waals surface area contributed by atoms with E-state index in [2.05, 4.69) is 74.9 Å². The first kappa shape index (κ1) is 15.3. The molecule has 2 aromatic rings. The molecule has 100 valence electrons. The minimum atomic E-state index is 0.569. The molecule has 0 aliphatic carbocycles. The zero-order valence-electron chi connectivity index (χ0n) is 10.5. The summed E-state index contributed by atoms with van der Waals surface area (Å²) in [7, 11) is 0. The molecule has 19 heavy (non-hydrogen) atoms. The fourth-order valence-corrected chi connectivity index (χ4v) is 3.14. The Hall–Kier alpha value is -0.0600. The van der Waals surface area contributed by atoms with Crippen LogP contribution < -0.4 is 0 Å². The Labute approximate surface area is 141 Å². The average Bonchev–Trinajstić information content (AvgIpc) is 2.43. The van der Waals surface area contributed by atoms with Crippen molar-refractivity contribution in [2.24, 2.45) is 5.92 Å². The highest BCUT2D eigenvalue weighted by atomic mass is 127. The fraction of sp³-hybridized carbons (Fsp3) is 0.250. The molecule has 0 fully saturated rings. The Morgan fingerprint density at radius 3 is 2.32 bits per heavy atom. The summed E-state index contributed by atoms with van der Waals surface area (Å²) < 4.78 is 1.28. The van der Waals surface area contributed by atoms with Crippen LogP contribution in [0.25, 0.3) is 0 Å². The molecule has 0 amide bonds. The molecule has 0 radical (unpaired) electrons. The van der Waals surface area contributed by atoms with Crippen molar-refractivity contribution in [3.8, 4) is 0 Å². The van der Waals surface area contributed by atoms with Crippen molar-refractivity contribution in [3.05, 3.63) is 68.3 Å². The largest absolute Gasteiger partial charge is 0.0925 e. The fourth-order valence-electron chi connectivity index (χ4n) is 2.11. The lowest BCUT2D eigenvalue weighted by atomic mass is 9.94.